The van der Waals surface area contributed by atoms with Gasteiger partial charge in [-0.05, 0) is 32.5 Å². The van der Waals surface area contributed by atoms with Gasteiger partial charge in [0.25, 0.3) is 0 Å². The summed E-state index contributed by atoms with van der Waals surface area (Å²) in [5.74, 6) is -0.927. The lowest BCUT2D eigenvalue weighted by Crippen LogP contribution is -2.37. The third-order valence-electron chi connectivity index (χ3n) is 4.97. The summed E-state index contributed by atoms with van der Waals surface area (Å²) in [7, 11) is 0.884. The van der Waals surface area contributed by atoms with Crippen molar-refractivity contribution in [3.8, 4) is 0 Å². The summed E-state index contributed by atoms with van der Waals surface area (Å²) in [6.45, 7) is 0. The zero-order valence-electron chi connectivity index (χ0n) is 12.1. The van der Waals surface area contributed by atoms with Crippen molar-refractivity contribution >= 4 is 7.44 Å². The predicted molar refractivity (Wildman–Crippen MR) is 80.6 cm³/mol. The molecule has 0 spiro atoms. The van der Waals surface area contributed by atoms with Gasteiger partial charge in [0.1, 0.15) is 0 Å². The maximum Gasteiger partial charge on any atom is 0.248 e. The molecule has 3 rings (SSSR count). The van der Waals surface area contributed by atoms with Gasteiger partial charge in [-0.3, -0.25) is 4.57 Å². The highest BCUT2D eigenvalue weighted by Crippen LogP contribution is 2.68. The Morgan fingerprint density at radius 2 is 1.60 bits per heavy atom. The van der Waals surface area contributed by atoms with Crippen LogP contribution in [0, 0.1) is 0 Å². The fourth-order valence-electron chi connectivity index (χ4n) is 3.78. The number of aliphatic hydroxyl groups is 1. The summed E-state index contributed by atoms with van der Waals surface area (Å²) in [5, 5.41) is 10.7. The molecule has 2 fully saturated rings. The molecule has 1 aliphatic heterocycles. The molecule has 3 atom stereocenters. The van der Waals surface area contributed by atoms with Gasteiger partial charge < -0.3 is 5.11 Å². The van der Waals surface area contributed by atoms with E-state index in [0.29, 0.717) is 12.1 Å². The molecular formula is C15H23N2O2P. The molecule has 1 heterocycles. The average molecular weight is 294 g/mol. The lowest BCUT2D eigenvalue weighted by atomic mass is 9.91. The van der Waals surface area contributed by atoms with Crippen LogP contribution in [0.1, 0.15) is 37.1 Å². The summed E-state index contributed by atoms with van der Waals surface area (Å²) < 4.78 is 17.5. The van der Waals surface area contributed by atoms with Crippen LogP contribution in [0.25, 0.3) is 0 Å². The van der Waals surface area contributed by atoms with Crippen LogP contribution in [0.2, 0.25) is 0 Å². The zero-order chi connectivity index (χ0) is 14.3. The van der Waals surface area contributed by atoms with Crippen LogP contribution in [0.4, 0.5) is 0 Å². The van der Waals surface area contributed by atoms with Crippen molar-refractivity contribution in [1.82, 2.24) is 9.34 Å². The minimum atomic E-state index is -2.95. The summed E-state index contributed by atoms with van der Waals surface area (Å²) in [6, 6.07) is 10.0. The number of nitrogens with zero attached hydrogens (tertiary/aromatic N) is 2. The summed E-state index contributed by atoms with van der Waals surface area (Å²) in [5.41, 5.74) is 0.744. The average Bonchev–Trinajstić information content (AvgIpc) is 2.71. The number of hydrogen-bond donors (Lipinski definition) is 1. The first kappa shape index (κ1) is 14.3. The van der Waals surface area contributed by atoms with Gasteiger partial charge >= 0.3 is 0 Å². The molecule has 2 aliphatic rings. The molecule has 1 aliphatic carbocycles. The first-order valence-electron chi connectivity index (χ1n) is 7.36. The van der Waals surface area contributed by atoms with E-state index in [1.54, 1.807) is 0 Å². The Morgan fingerprint density at radius 3 is 2.10 bits per heavy atom. The minimum absolute atomic E-state index is 0.318. The topological polar surface area (TPSA) is 43.8 Å². The molecule has 0 aromatic heterocycles. The van der Waals surface area contributed by atoms with Crippen LogP contribution >= 0.6 is 7.44 Å². The summed E-state index contributed by atoms with van der Waals surface area (Å²) in [4.78, 5) is 0. The maximum atomic E-state index is 13.5. The van der Waals surface area contributed by atoms with E-state index in [1.165, 1.54) is 12.8 Å². The van der Waals surface area contributed by atoms with E-state index in [9.17, 15) is 9.67 Å². The molecule has 110 valence electrons. The largest absolute Gasteiger partial charge is 0.378 e. The summed E-state index contributed by atoms with van der Waals surface area (Å²) in [6.07, 6.45) is 4.55. The van der Waals surface area contributed by atoms with Crippen molar-refractivity contribution in [3.63, 3.8) is 0 Å². The number of fused-ring (bicyclic) bond motifs is 1. The van der Waals surface area contributed by atoms with Crippen molar-refractivity contribution < 1.29 is 9.67 Å². The first-order chi connectivity index (χ1) is 9.56. The van der Waals surface area contributed by atoms with E-state index >= 15 is 0 Å². The van der Waals surface area contributed by atoms with Gasteiger partial charge in [0.2, 0.25) is 7.44 Å². The van der Waals surface area contributed by atoms with Crippen LogP contribution in [-0.2, 0) is 4.57 Å². The second-order valence-corrected chi connectivity index (χ2v) is 8.87. The summed E-state index contributed by atoms with van der Waals surface area (Å²) >= 11 is 0. The van der Waals surface area contributed by atoms with Gasteiger partial charge in [-0.2, -0.15) is 0 Å². The van der Waals surface area contributed by atoms with Crippen molar-refractivity contribution in [1.29, 1.82) is 0 Å². The Balaban J connectivity index is 1.96. The zero-order valence-corrected chi connectivity index (χ0v) is 13.0. The second kappa shape index (κ2) is 5.27. The molecule has 1 aromatic rings. The minimum Gasteiger partial charge on any atom is -0.378 e. The fraction of sp³-hybridized carbons (Fsp3) is 0.600. The van der Waals surface area contributed by atoms with Crippen LogP contribution < -0.4 is 0 Å². The molecule has 4 nitrogen and oxygen atoms in total. The van der Waals surface area contributed by atoms with E-state index in [4.69, 9.17) is 0 Å². The second-order valence-electron chi connectivity index (χ2n) is 5.94. The number of benzene rings is 1. The molecular weight excluding hydrogens is 271 g/mol. The smallest absolute Gasteiger partial charge is 0.248 e. The third kappa shape index (κ3) is 1.98. The highest BCUT2D eigenvalue weighted by molar-refractivity contribution is 7.59. The van der Waals surface area contributed by atoms with Crippen molar-refractivity contribution in [2.24, 2.45) is 0 Å². The van der Waals surface area contributed by atoms with Gasteiger partial charge in [-0.1, -0.05) is 43.2 Å². The lowest BCUT2D eigenvalue weighted by Gasteiger charge is -2.31. The number of aliphatic hydroxyl groups excluding tert-OH is 1. The van der Waals surface area contributed by atoms with Gasteiger partial charge in [0, 0.05) is 12.1 Å². The molecule has 20 heavy (non-hydrogen) atoms. The van der Waals surface area contributed by atoms with Crippen LogP contribution in [0.5, 0.6) is 0 Å². The molecule has 0 amide bonds. The van der Waals surface area contributed by atoms with Gasteiger partial charge in [-0.25, -0.2) is 9.34 Å². The molecule has 5 heteroatoms. The predicted octanol–water partition coefficient (Wildman–Crippen LogP) is 3.06. The Morgan fingerprint density at radius 1 is 1.10 bits per heavy atom. The van der Waals surface area contributed by atoms with Crippen LogP contribution in [0.15, 0.2) is 30.3 Å². The van der Waals surface area contributed by atoms with E-state index in [-0.39, 0.29) is 0 Å². The van der Waals surface area contributed by atoms with Crippen molar-refractivity contribution in [3.05, 3.63) is 35.9 Å². The quantitative estimate of drug-likeness (QED) is 0.851. The fourth-order valence-corrected chi connectivity index (χ4v) is 6.86. The van der Waals surface area contributed by atoms with E-state index < -0.39 is 13.3 Å². The van der Waals surface area contributed by atoms with E-state index in [2.05, 4.69) is 0 Å². The van der Waals surface area contributed by atoms with Gasteiger partial charge in [0.05, 0.1) is 0 Å². The molecule has 1 unspecified atom stereocenters. The first-order valence-corrected chi connectivity index (χ1v) is 9.04. The Hall–Kier alpha value is -0.670. The highest BCUT2D eigenvalue weighted by atomic mass is 31.2. The standard InChI is InChI=1S/C15H23N2O2P/c1-16-13-10-6-7-11-14(13)17(2)20(16,19)15(18)12-8-4-3-5-9-12/h3-5,8-9,13-15,18H,6-7,10-11H2,1-2H3/t13-,14-,15?/m1/s1. The van der Waals surface area contributed by atoms with Crippen LogP contribution in [-0.4, -0.2) is 40.6 Å². The molecule has 1 aromatic carbocycles. The van der Waals surface area contributed by atoms with Crippen LogP contribution in [0.3, 0.4) is 0 Å². The number of rotatable bonds is 2. The molecule has 1 saturated heterocycles. The van der Waals surface area contributed by atoms with Crippen molar-refractivity contribution in [2.75, 3.05) is 14.1 Å². The molecule has 1 N–H and O–H groups in total. The van der Waals surface area contributed by atoms with E-state index in [1.807, 2.05) is 53.8 Å². The Labute approximate surface area is 120 Å². The Bertz CT molecular complexity index is 500. The van der Waals surface area contributed by atoms with E-state index in [0.717, 1.165) is 18.4 Å². The normalized spacial score (nSPS) is 31.9. The Kier molecular flexibility index (Phi) is 3.76. The highest BCUT2D eigenvalue weighted by Gasteiger charge is 2.55. The SMILES string of the molecule is CN1[C@@H]2CCCC[C@H]2N(C)P1(=O)C(O)c1ccccc1. The van der Waals surface area contributed by atoms with Crippen molar-refractivity contribution in [2.45, 2.75) is 43.6 Å². The maximum absolute atomic E-state index is 13.5. The monoisotopic (exact) mass is 294 g/mol. The number of likely N-dealkylation sites (N-methyl/N-ethyl adjacent to an activating group) is 2. The van der Waals surface area contributed by atoms with Gasteiger partial charge in [-0.15, -0.1) is 0 Å². The number of hydrogen-bond acceptors (Lipinski definition) is 2. The van der Waals surface area contributed by atoms with Gasteiger partial charge in [0.15, 0.2) is 5.85 Å². The lowest BCUT2D eigenvalue weighted by molar-refractivity contribution is 0.233. The molecule has 0 bridgehead atoms. The molecule has 0 radical (unpaired) electrons. The third-order valence-corrected chi connectivity index (χ3v) is 8.31. The molecule has 1 saturated carbocycles.